The van der Waals surface area contributed by atoms with Gasteiger partial charge in [-0.05, 0) is 53.4 Å². The Balaban J connectivity index is 1.49. The summed E-state index contributed by atoms with van der Waals surface area (Å²) < 4.78 is 5.56. The number of nitrogens with two attached hydrogens (primary N) is 1. The van der Waals surface area contributed by atoms with Crippen molar-refractivity contribution in [1.82, 2.24) is 16.0 Å². The van der Waals surface area contributed by atoms with Gasteiger partial charge in [-0.3, -0.25) is 14.4 Å². The standard InChI is InChI=1S/C35H37ClN4O4/c1-2-44-28-18-16-27(17-19-28)31(23-39-33(41)29-10-6-7-11-32(29)36)35(43)40-22-30(26-8-4-3-5-9-26)34(42)38-21-25-14-12-24(20-37)13-15-25/h3-19,30-31H,2,20-23,37H2,1H3,(H,38,42)(H,39,41)(H,40,43)/t30-,31+/m0/s1. The summed E-state index contributed by atoms with van der Waals surface area (Å²) in [5.74, 6) is -1.64. The number of benzene rings is 4. The normalized spacial score (nSPS) is 12.1. The zero-order valence-electron chi connectivity index (χ0n) is 24.6. The van der Waals surface area contributed by atoms with E-state index in [-0.39, 0.29) is 30.8 Å². The van der Waals surface area contributed by atoms with E-state index in [1.807, 2.05) is 61.5 Å². The van der Waals surface area contributed by atoms with E-state index in [0.717, 1.165) is 16.7 Å². The topological polar surface area (TPSA) is 123 Å². The van der Waals surface area contributed by atoms with Crippen LogP contribution in [0.3, 0.4) is 0 Å². The van der Waals surface area contributed by atoms with E-state index < -0.39 is 11.8 Å². The summed E-state index contributed by atoms with van der Waals surface area (Å²) in [6.07, 6.45) is 0. The molecule has 0 saturated carbocycles. The zero-order valence-corrected chi connectivity index (χ0v) is 25.3. The molecular formula is C35H37ClN4O4. The van der Waals surface area contributed by atoms with E-state index in [1.165, 1.54) is 0 Å². The van der Waals surface area contributed by atoms with Gasteiger partial charge in [-0.15, -0.1) is 0 Å². The molecule has 0 spiro atoms. The van der Waals surface area contributed by atoms with Gasteiger partial charge in [0.15, 0.2) is 0 Å². The molecule has 5 N–H and O–H groups in total. The molecule has 0 bridgehead atoms. The van der Waals surface area contributed by atoms with Gasteiger partial charge in [-0.2, -0.15) is 0 Å². The van der Waals surface area contributed by atoms with E-state index >= 15 is 0 Å². The molecule has 3 amide bonds. The minimum absolute atomic E-state index is 0.0187. The Labute approximate surface area is 263 Å². The van der Waals surface area contributed by atoms with Crippen molar-refractivity contribution in [3.05, 3.63) is 136 Å². The molecule has 4 aromatic carbocycles. The van der Waals surface area contributed by atoms with Crippen molar-refractivity contribution in [2.45, 2.75) is 31.8 Å². The first kappa shape index (κ1) is 32.3. The van der Waals surface area contributed by atoms with Crippen molar-refractivity contribution in [3.8, 4) is 5.75 Å². The first-order chi connectivity index (χ1) is 21.4. The molecule has 9 heteroatoms. The molecule has 0 radical (unpaired) electrons. The second kappa shape index (κ2) is 16.3. The summed E-state index contributed by atoms with van der Waals surface area (Å²) in [7, 11) is 0. The zero-order chi connectivity index (χ0) is 31.3. The fourth-order valence-corrected chi connectivity index (χ4v) is 4.96. The highest BCUT2D eigenvalue weighted by Crippen LogP contribution is 2.22. The lowest BCUT2D eigenvalue weighted by Crippen LogP contribution is -2.41. The molecule has 0 fully saturated rings. The second-order valence-electron chi connectivity index (χ2n) is 10.2. The van der Waals surface area contributed by atoms with Crippen LogP contribution >= 0.6 is 11.6 Å². The van der Waals surface area contributed by atoms with Crippen LogP contribution in [0.5, 0.6) is 5.75 Å². The lowest BCUT2D eigenvalue weighted by molar-refractivity contribution is -0.124. The highest BCUT2D eigenvalue weighted by molar-refractivity contribution is 6.33. The third-order valence-corrected chi connectivity index (χ3v) is 7.55. The third-order valence-electron chi connectivity index (χ3n) is 7.22. The third kappa shape index (κ3) is 8.92. The lowest BCUT2D eigenvalue weighted by Gasteiger charge is -2.22. The first-order valence-electron chi connectivity index (χ1n) is 14.5. The summed E-state index contributed by atoms with van der Waals surface area (Å²) in [6.45, 7) is 3.27. The van der Waals surface area contributed by atoms with Gasteiger partial charge in [0.25, 0.3) is 5.91 Å². The van der Waals surface area contributed by atoms with E-state index in [0.29, 0.717) is 41.6 Å². The van der Waals surface area contributed by atoms with E-state index in [9.17, 15) is 14.4 Å². The second-order valence-corrected chi connectivity index (χ2v) is 10.6. The van der Waals surface area contributed by atoms with Crippen molar-refractivity contribution in [2.75, 3.05) is 19.7 Å². The summed E-state index contributed by atoms with van der Waals surface area (Å²) in [6, 6.07) is 30.9. The SMILES string of the molecule is CCOc1ccc([C@@H](CNC(=O)c2ccccc2Cl)C(=O)NC[C@H](C(=O)NCc2ccc(CN)cc2)c2ccccc2)cc1. The predicted octanol–water partition coefficient (Wildman–Crippen LogP) is 4.93. The van der Waals surface area contributed by atoms with Crippen LogP contribution in [-0.2, 0) is 22.7 Å². The molecule has 0 aromatic heterocycles. The Morgan fingerprint density at radius 3 is 1.91 bits per heavy atom. The van der Waals surface area contributed by atoms with Gasteiger partial charge in [0, 0.05) is 26.2 Å². The van der Waals surface area contributed by atoms with Gasteiger partial charge in [-0.25, -0.2) is 0 Å². The average Bonchev–Trinajstić information content (AvgIpc) is 3.05. The monoisotopic (exact) mass is 612 g/mol. The van der Waals surface area contributed by atoms with Crippen LogP contribution in [0.2, 0.25) is 5.02 Å². The molecule has 4 rings (SSSR count). The lowest BCUT2D eigenvalue weighted by atomic mass is 9.95. The maximum atomic E-state index is 13.7. The van der Waals surface area contributed by atoms with Gasteiger partial charge in [0.2, 0.25) is 11.8 Å². The van der Waals surface area contributed by atoms with Crippen molar-refractivity contribution in [2.24, 2.45) is 5.73 Å². The fraction of sp³-hybridized carbons (Fsp3) is 0.229. The molecule has 0 saturated heterocycles. The van der Waals surface area contributed by atoms with Crippen LogP contribution in [0.1, 0.15) is 51.4 Å². The quantitative estimate of drug-likeness (QED) is 0.161. The molecule has 228 valence electrons. The Bertz CT molecular complexity index is 1530. The predicted molar refractivity (Wildman–Crippen MR) is 173 cm³/mol. The van der Waals surface area contributed by atoms with Crippen LogP contribution in [0.25, 0.3) is 0 Å². The first-order valence-corrected chi connectivity index (χ1v) is 14.9. The summed E-state index contributed by atoms with van der Waals surface area (Å²) in [5.41, 5.74) is 9.42. The smallest absolute Gasteiger partial charge is 0.252 e. The molecule has 0 aliphatic rings. The van der Waals surface area contributed by atoms with Gasteiger partial charge in [0.05, 0.1) is 29.0 Å². The van der Waals surface area contributed by atoms with Gasteiger partial charge in [-0.1, -0.05) is 90.5 Å². The van der Waals surface area contributed by atoms with Gasteiger partial charge in [0.1, 0.15) is 5.75 Å². The van der Waals surface area contributed by atoms with Crippen LogP contribution in [0.15, 0.2) is 103 Å². The largest absolute Gasteiger partial charge is 0.494 e. The minimum Gasteiger partial charge on any atom is -0.494 e. The van der Waals surface area contributed by atoms with Crippen molar-refractivity contribution in [1.29, 1.82) is 0 Å². The molecule has 8 nitrogen and oxygen atoms in total. The minimum atomic E-state index is -0.738. The number of rotatable bonds is 14. The fourth-order valence-electron chi connectivity index (χ4n) is 4.74. The van der Waals surface area contributed by atoms with Gasteiger partial charge < -0.3 is 26.4 Å². The number of hydrogen-bond donors (Lipinski definition) is 4. The Kier molecular flexibility index (Phi) is 11.9. The molecule has 0 heterocycles. The van der Waals surface area contributed by atoms with E-state index in [4.69, 9.17) is 22.1 Å². The molecule has 2 atom stereocenters. The molecule has 0 aliphatic heterocycles. The summed E-state index contributed by atoms with van der Waals surface area (Å²) >= 11 is 6.21. The van der Waals surface area contributed by atoms with Gasteiger partial charge >= 0.3 is 0 Å². The number of halogens is 1. The molecule has 0 unspecified atom stereocenters. The van der Waals surface area contributed by atoms with E-state index in [2.05, 4.69) is 16.0 Å². The Morgan fingerprint density at radius 1 is 0.705 bits per heavy atom. The van der Waals surface area contributed by atoms with E-state index in [1.54, 1.807) is 48.5 Å². The van der Waals surface area contributed by atoms with Crippen molar-refractivity contribution < 1.29 is 19.1 Å². The number of hydrogen-bond acceptors (Lipinski definition) is 5. The number of carbonyl (C=O) groups is 3. The highest BCUT2D eigenvalue weighted by atomic mass is 35.5. The Hall–Kier alpha value is -4.66. The van der Waals surface area contributed by atoms with Crippen LogP contribution < -0.4 is 26.4 Å². The molecule has 0 aliphatic carbocycles. The number of carbonyl (C=O) groups excluding carboxylic acids is 3. The van der Waals surface area contributed by atoms with Crippen molar-refractivity contribution in [3.63, 3.8) is 0 Å². The number of nitrogens with one attached hydrogen (secondary N) is 3. The summed E-state index contributed by atoms with van der Waals surface area (Å²) in [5, 5.41) is 9.13. The average molecular weight is 613 g/mol. The van der Waals surface area contributed by atoms with Crippen LogP contribution in [0.4, 0.5) is 0 Å². The molecule has 4 aromatic rings. The molecular weight excluding hydrogens is 576 g/mol. The maximum Gasteiger partial charge on any atom is 0.252 e. The molecule has 44 heavy (non-hydrogen) atoms. The Morgan fingerprint density at radius 2 is 1.27 bits per heavy atom. The van der Waals surface area contributed by atoms with Crippen LogP contribution in [-0.4, -0.2) is 37.4 Å². The van der Waals surface area contributed by atoms with Crippen molar-refractivity contribution >= 4 is 29.3 Å². The maximum absolute atomic E-state index is 13.7. The number of amides is 3. The number of ether oxygens (including phenoxy) is 1. The van der Waals surface area contributed by atoms with Crippen LogP contribution in [0, 0.1) is 0 Å². The highest BCUT2D eigenvalue weighted by Gasteiger charge is 2.26. The summed E-state index contributed by atoms with van der Waals surface area (Å²) in [4.78, 5) is 40.1.